The fourth-order valence-corrected chi connectivity index (χ4v) is 4.07. The van der Waals surface area contributed by atoms with Crippen molar-refractivity contribution in [2.45, 2.75) is 24.3 Å². The number of aromatic nitrogens is 2. The average molecular weight is 390 g/mol. The quantitative estimate of drug-likeness (QED) is 0.339. The molecule has 0 fully saturated rings. The summed E-state index contributed by atoms with van der Waals surface area (Å²) in [5, 5.41) is 1.12. The Hall–Kier alpha value is -2.92. The van der Waals surface area contributed by atoms with E-state index in [1.807, 2.05) is 48.5 Å². The van der Waals surface area contributed by atoms with E-state index in [2.05, 4.69) is 6.92 Å². The second-order valence-corrected chi connectivity index (χ2v) is 7.39. The summed E-state index contributed by atoms with van der Waals surface area (Å²) in [4.78, 5) is 17.9. The number of hydrogen-bond donors (Lipinski definition) is 0. The first-order valence-electron chi connectivity index (χ1n) is 9.14. The van der Waals surface area contributed by atoms with E-state index in [9.17, 15) is 9.18 Å². The van der Waals surface area contributed by atoms with Crippen molar-refractivity contribution in [3.63, 3.8) is 0 Å². The zero-order valence-corrected chi connectivity index (χ0v) is 16.2. The first kappa shape index (κ1) is 18.4. The van der Waals surface area contributed by atoms with Crippen LogP contribution in [0.4, 0.5) is 4.39 Å². The molecule has 0 radical (unpaired) electrons. The van der Waals surface area contributed by atoms with Crippen molar-refractivity contribution in [1.82, 2.24) is 9.55 Å². The monoisotopic (exact) mass is 390 g/mol. The van der Waals surface area contributed by atoms with Gasteiger partial charge in [0.05, 0.1) is 16.6 Å². The van der Waals surface area contributed by atoms with E-state index in [1.54, 1.807) is 22.8 Å². The second kappa shape index (κ2) is 7.98. The predicted molar refractivity (Wildman–Crippen MR) is 113 cm³/mol. The third-order valence-electron chi connectivity index (χ3n) is 4.66. The van der Waals surface area contributed by atoms with E-state index in [0.29, 0.717) is 27.4 Å². The van der Waals surface area contributed by atoms with Crippen molar-refractivity contribution in [2.75, 3.05) is 0 Å². The van der Waals surface area contributed by atoms with Crippen LogP contribution in [0.3, 0.4) is 0 Å². The van der Waals surface area contributed by atoms with E-state index < -0.39 is 0 Å². The van der Waals surface area contributed by atoms with Gasteiger partial charge in [-0.3, -0.25) is 9.36 Å². The number of rotatable bonds is 5. The highest BCUT2D eigenvalue weighted by Crippen LogP contribution is 2.25. The van der Waals surface area contributed by atoms with Crippen molar-refractivity contribution in [1.29, 1.82) is 0 Å². The summed E-state index contributed by atoms with van der Waals surface area (Å²) < 4.78 is 15.6. The van der Waals surface area contributed by atoms with Crippen molar-refractivity contribution < 1.29 is 4.39 Å². The highest BCUT2D eigenvalue weighted by molar-refractivity contribution is 7.98. The van der Waals surface area contributed by atoms with Crippen LogP contribution in [0.15, 0.2) is 82.7 Å². The van der Waals surface area contributed by atoms with Crippen molar-refractivity contribution >= 4 is 22.7 Å². The molecular weight excluding hydrogens is 371 g/mol. The standard InChI is InChI=1S/C23H19FN2OS/c1-2-16-11-13-18(14-12-16)26-22(27)19-8-4-6-10-21(19)25-23(26)28-15-17-7-3-5-9-20(17)24/h3-14H,2,15H2,1H3. The van der Waals surface area contributed by atoms with Crippen LogP contribution in [-0.4, -0.2) is 9.55 Å². The topological polar surface area (TPSA) is 34.9 Å². The first-order valence-corrected chi connectivity index (χ1v) is 10.1. The maximum absolute atomic E-state index is 14.0. The molecule has 0 aliphatic heterocycles. The Morgan fingerprint density at radius 3 is 2.43 bits per heavy atom. The Balaban J connectivity index is 1.83. The molecule has 28 heavy (non-hydrogen) atoms. The third-order valence-corrected chi connectivity index (χ3v) is 5.65. The van der Waals surface area contributed by atoms with Crippen molar-refractivity contribution in [3.8, 4) is 5.69 Å². The SMILES string of the molecule is CCc1ccc(-n2c(SCc3ccccc3F)nc3ccccc3c2=O)cc1. The average Bonchev–Trinajstić information content (AvgIpc) is 2.73. The van der Waals surface area contributed by atoms with Crippen LogP contribution in [0.5, 0.6) is 0 Å². The molecule has 0 unspecified atom stereocenters. The summed E-state index contributed by atoms with van der Waals surface area (Å²) in [5.74, 6) is 0.141. The van der Waals surface area contributed by atoms with Gasteiger partial charge < -0.3 is 0 Å². The molecular formula is C23H19FN2OS. The van der Waals surface area contributed by atoms with Crippen LogP contribution in [-0.2, 0) is 12.2 Å². The summed E-state index contributed by atoms with van der Waals surface area (Å²) >= 11 is 1.36. The zero-order valence-electron chi connectivity index (χ0n) is 15.4. The molecule has 0 N–H and O–H groups in total. The summed E-state index contributed by atoms with van der Waals surface area (Å²) in [6.45, 7) is 2.09. The number of halogens is 1. The Kier molecular flexibility index (Phi) is 5.26. The Bertz CT molecular complexity index is 1190. The minimum atomic E-state index is -0.253. The fourth-order valence-electron chi connectivity index (χ4n) is 3.08. The molecule has 0 saturated carbocycles. The van der Waals surface area contributed by atoms with Gasteiger partial charge in [-0.1, -0.05) is 61.2 Å². The summed E-state index contributed by atoms with van der Waals surface area (Å²) in [5.41, 5.74) is 3.07. The van der Waals surface area contributed by atoms with E-state index in [0.717, 1.165) is 12.1 Å². The van der Waals surface area contributed by atoms with Crippen LogP contribution in [0, 0.1) is 5.82 Å². The second-order valence-electron chi connectivity index (χ2n) is 6.45. The van der Waals surface area contributed by atoms with Gasteiger partial charge in [-0.15, -0.1) is 0 Å². The highest BCUT2D eigenvalue weighted by Gasteiger charge is 2.14. The molecule has 0 bridgehead atoms. The smallest absolute Gasteiger partial charge is 0.266 e. The molecule has 140 valence electrons. The maximum atomic E-state index is 14.0. The van der Waals surface area contributed by atoms with Gasteiger partial charge in [-0.25, -0.2) is 9.37 Å². The Morgan fingerprint density at radius 1 is 0.964 bits per heavy atom. The lowest BCUT2D eigenvalue weighted by atomic mass is 10.1. The molecule has 5 heteroatoms. The number of hydrogen-bond acceptors (Lipinski definition) is 3. The largest absolute Gasteiger partial charge is 0.268 e. The van der Waals surface area contributed by atoms with Gasteiger partial charge in [0, 0.05) is 5.75 Å². The Labute approximate surface area is 166 Å². The number of thioether (sulfide) groups is 1. The summed E-state index contributed by atoms with van der Waals surface area (Å²) in [6.07, 6.45) is 0.931. The van der Waals surface area contributed by atoms with Crippen LogP contribution >= 0.6 is 11.8 Å². The lowest BCUT2D eigenvalue weighted by Gasteiger charge is -2.14. The van der Waals surface area contributed by atoms with Crippen LogP contribution in [0.1, 0.15) is 18.1 Å². The maximum Gasteiger partial charge on any atom is 0.266 e. The molecule has 3 aromatic carbocycles. The first-order chi connectivity index (χ1) is 13.7. The molecule has 0 amide bonds. The number of aryl methyl sites for hydroxylation is 1. The minimum Gasteiger partial charge on any atom is -0.268 e. The summed E-state index contributed by atoms with van der Waals surface area (Å²) in [6, 6.07) is 21.9. The lowest BCUT2D eigenvalue weighted by Crippen LogP contribution is -2.21. The number of fused-ring (bicyclic) bond motifs is 1. The molecule has 1 aromatic heterocycles. The molecule has 0 saturated heterocycles. The van der Waals surface area contributed by atoms with Gasteiger partial charge in [0.2, 0.25) is 0 Å². The molecule has 0 atom stereocenters. The zero-order chi connectivity index (χ0) is 19.5. The fraction of sp³-hybridized carbons (Fsp3) is 0.130. The molecule has 1 heterocycles. The molecule has 0 aliphatic rings. The van der Waals surface area contributed by atoms with Crippen LogP contribution in [0.25, 0.3) is 16.6 Å². The van der Waals surface area contributed by atoms with Gasteiger partial charge in [0.25, 0.3) is 5.56 Å². The Morgan fingerprint density at radius 2 is 1.68 bits per heavy atom. The predicted octanol–water partition coefficient (Wildman–Crippen LogP) is 5.38. The lowest BCUT2D eigenvalue weighted by molar-refractivity contribution is 0.617. The van der Waals surface area contributed by atoms with E-state index >= 15 is 0 Å². The van der Waals surface area contributed by atoms with Crippen molar-refractivity contribution in [3.05, 3.63) is 100 Å². The normalized spacial score (nSPS) is 11.1. The van der Waals surface area contributed by atoms with E-state index in [4.69, 9.17) is 4.98 Å². The van der Waals surface area contributed by atoms with Gasteiger partial charge in [-0.2, -0.15) is 0 Å². The van der Waals surface area contributed by atoms with E-state index in [1.165, 1.54) is 23.4 Å². The number of nitrogens with zero attached hydrogens (tertiary/aromatic N) is 2. The minimum absolute atomic E-state index is 0.120. The van der Waals surface area contributed by atoms with Gasteiger partial charge in [0.1, 0.15) is 5.82 Å². The highest BCUT2D eigenvalue weighted by atomic mass is 32.2. The van der Waals surface area contributed by atoms with Gasteiger partial charge in [0.15, 0.2) is 5.16 Å². The molecule has 4 aromatic rings. The van der Waals surface area contributed by atoms with Gasteiger partial charge in [-0.05, 0) is 47.9 Å². The van der Waals surface area contributed by atoms with Crippen molar-refractivity contribution in [2.24, 2.45) is 0 Å². The third kappa shape index (κ3) is 3.58. The van der Waals surface area contributed by atoms with E-state index in [-0.39, 0.29) is 11.4 Å². The van der Waals surface area contributed by atoms with Gasteiger partial charge >= 0.3 is 0 Å². The van der Waals surface area contributed by atoms with Crippen LogP contribution in [0.2, 0.25) is 0 Å². The molecule has 0 aliphatic carbocycles. The number of para-hydroxylation sites is 1. The van der Waals surface area contributed by atoms with Crippen LogP contribution < -0.4 is 5.56 Å². The molecule has 3 nitrogen and oxygen atoms in total. The summed E-state index contributed by atoms with van der Waals surface area (Å²) in [7, 11) is 0. The number of benzene rings is 3. The molecule has 4 rings (SSSR count). The molecule has 0 spiro atoms.